The minimum atomic E-state index is -0.554. The van der Waals surface area contributed by atoms with Crippen molar-refractivity contribution >= 4 is 17.5 Å². The van der Waals surface area contributed by atoms with Crippen LogP contribution in [-0.4, -0.2) is 11.8 Å². The molecule has 1 atom stereocenters. The number of amides is 2. The Morgan fingerprint density at radius 1 is 1.05 bits per heavy atom. The monoisotopic (exact) mass is 282 g/mol. The van der Waals surface area contributed by atoms with Crippen molar-refractivity contribution in [2.24, 2.45) is 5.73 Å². The molecule has 0 saturated carbocycles. The maximum absolute atomic E-state index is 12.1. The van der Waals surface area contributed by atoms with Crippen molar-refractivity contribution in [1.82, 2.24) is 0 Å². The van der Waals surface area contributed by atoms with Gasteiger partial charge in [0.05, 0.1) is 11.3 Å². The van der Waals surface area contributed by atoms with Gasteiger partial charge in [0.15, 0.2) is 0 Å². The van der Waals surface area contributed by atoms with Crippen LogP contribution in [0.1, 0.15) is 35.2 Å². The van der Waals surface area contributed by atoms with Gasteiger partial charge in [-0.2, -0.15) is 0 Å². The first-order valence-electron chi connectivity index (χ1n) is 6.81. The number of rotatable bonds is 5. The molecule has 108 valence electrons. The number of hydrogen-bond donors (Lipinski definition) is 2. The second kappa shape index (κ2) is 6.70. The first-order chi connectivity index (χ1) is 10.1. The maximum Gasteiger partial charge on any atom is 0.250 e. The summed E-state index contributed by atoms with van der Waals surface area (Å²) in [6.07, 6.45) is 0.344. The Morgan fingerprint density at radius 3 is 2.33 bits per heavy atom. The summed E-state index contributed by atoms with van der Waals surface area (Å²) in [5.41, 5.74) is 7.17. The zero-order valence-corrected chi connectivity index (χ0v) is 11.9. The second-order valence-electron chi connectivity index (χ2n) is 4.97. The third-order valence-corrected chi connectivity index (χ3v) is 3.33. The van der Waals surface area contributed by atoms with Crippen molar-refractivity contribution in [1.29, 1.82) is 0 Å². The van der Waals surface area contributed by atoms with Crippen LogP contribution in [0.3, 0.4) is 0 Å². The molecule has 2 aromatic carbocycles. The molecule has 0 aliphatic carbocycles. The highest BCUT2D eigenvalue weighted by molar-refractivity contribution is 6.03. The molecule has 0 aromatic heterocycles. The van der Waals surface area contributed by atoms with Gasteiger partial charge in [-0.05, 0) is 23.6 Å². The Labute approximate surface area is 124 Å². The van der Waals surface area contributed by atoms with E-state index in [-0.39, 0.29) is 11.8 Å². The molecule has 0 radical (unpaired) electrons. The van der Waals surface area contributed by atoms with E-state index in [1.54, 1.807) is 24.3 Å². The standard InChI is InChI=1S/C17H18N2O2/c1-12(13-7-3-2-4-8-13)11-16(20)19-15-10-6-5-9-14(15)17(18)21/h2-10,12H,11H2,1H3,(H2,18,21)(H,19,20)/t12-/m1/s1. The number of primary amides is 1. The molecule has 2 rings (SSSR count). The largest absolute Gasteiger partial charge is 0.366 e. The Balaban J connectivity index is 2.04. The summed E-state index contributed by atoms with van der Waals surface area (Å²) in [4.78, 5) is 23.4. The summed E-state index contributed by atoms with van der Waals surface area (Å²) in [5, 5.41) is 2.75. The number of anilines is 1. The SMILES string of the molecule is C[C@H](CC(=O)Nc1ccccc1C(N)=O)c1ccccc1. The lowest BCUT2D eigenvalue weighted by Gasteiger charge is -2.13. The summed E-state index contributed by atoms with van der Waals surface area (Å²) in [5.74, 6) is -0.589. The van der Waals surface area contributed by atoms with E-state index in [0.717, 1.165) is 5.56 Å². The van der Waals surface area contributed by atoms with Crippen LogP contribution in [-0.2, 0) is 4.79 Å². The van der Waals surface area contributed by atoms with Gasteiger partial charge in [-0.3, -0.25) is 9.59 Å². The van der Waals surface area contributed by atoms with Crippen LogP contribution in [0.25, 0.3) is 0 Å². The molecular formula is C17H18N2O2. The first kappa shape index (κ1) is 14.8. The average Bonchev–Trinajstić information content (AvgIpc) is 2.48. The van der Waals surface area contributed by atoms with E-state index in [1.165, 1.54) is 0 Å². The van der Waals surface area contributed by atoms with Crippen molar-refractivity contribution < 1.29 is 9.59 Å². The molecule has 0 spiro atoms. The van der Waals surface area contributed by atoms with Crippen molar-refractivity contribution in [3.63, 3.8) is 0 Å². The predicted octanol–water partition coefficient (Wildman–Crippen LogP) is 2.92. The second-order valence-corrected chi connectivity index (χ2v) is 4.97. The van der Waals surface area contributed by atoms with E-state index in [2.05, 4.69) is 5.32 Å². The highest BCUT2D eigenvalue weighted by atomic mass is 16.2. The van der Waals surface area contributed by atoms with Crippen LogP contribution in [0.15, 0.2) is 54.6 Å². The number of nitrogens with two attached hydrogens (primary N) is 1. The minimum absolute atomic E-state index is 0.104. The lowest BCUT2D eigenvalue weighted by molar-refractivity contribution is -0.116. The van der Waals surface area contributed by atoms with Gasteiger partial charge in [-0.1, -0.05) is 49.4 Å². The molecule has 0 bridgehead atoms. The lowest BCUT2D eigenvalue weighted by Crippen LogP contribution is -2.19. The Hall–Kier alpha value is -2.62. The molecule has 0 heterocycles. The fourth-order valence-electron chi connectivity index (χ4n) is 2.19. The van der Waals surface area contributed by atoms with Crippen LogP contribution in [0.2, 0.25) is 0 Å². The van der Waals surface area contributed by atoms with Gasteiger partial charge in [-0.25, -0.2) is 0 Å². The molecule has 2 aromatic rings. The van der Waals surface area contributed by atoms with E-state index in [1.807, 2.05) is 37.3 Å². The molecule has 0 unspecified atom stereocenters. The molecule has 4 nitrogen and oxygen atoms in total. The summed E-state index contributed by atoms with van der Waals surface area (Å²) in [6.45, 7) is 1.99. The highest BCUT2D eigenvalue weighted by Crippen LogP contribution is 2.20. The minimum Gasteiger partial charge on any atom is -0.366 e. The Bertz CT molecular complexity index is 638. The summed E-state index contributed by atoms with van der Waals surface area (Å²) < 4.78 is 0. The van der Waals surface area contributed by atoms with Crippen molar-refractivity contribution in [3.8, 4) is 0 Å². The van der Waals surface area contributed by atoms with E-state index in [4.69, 9.17) is 5.73 Å². The fourth-order valence-corrected chi connectivity index (χ4v) is 2.19. The van der Waals surface area contributed by atoms with E-state index in [9.17, 15) is 9.59 Å². The van der Waals surface area contributed by atoms with Gasteiger partial charge in [0.25, 0.3) is 5.91 Å². The average molecular weight is 282 g/mol. The molecule has 4 heteroatoms. The third kappa shape index (κ3) is 3.92. The van der Waals surface area contributed by atoms with Crippen molar-refractivity contribution in [3.05, 3.63) is 65.7 Å². The van der Waals surface area contributed by atoms with Gasteiger partial charge in [0.2, 0.25) is 5.91 Å². The predicted molar refractivity (Wildman–Crippen MR) is 83.1 cm³/mol. The fraction of sp³-hybridized carbons (Fsp3) is 0.176. The van der Waals surface area contributed by atoms with Crippen molar-refractivity contribution in [2.45, 2.75) is 19.3 Å². The topological polar surface area (TPSA) is 72.2 Å². The van der Waals surface area contributed by atoms with Crippen LogP contribution >= 0.6 is 0 Å². The molecule has 0 saturated heterocycles. The van der Waals surface area contributed by atoms with E-state index >= 15 is 0 Å². The van der Waals surface area contributed by atoms with Gasteiger partial charge in [-0.15, -0.1) is 0 Å². The first-order valence-corrected chi connectivity index (χ1v) is 6.81. The van der Waals surface area contributed by atoms with E-state index < -0.39 is 5.91 Å². The van der Waals surface area contributed by atoms with Crippen LogP contribution < -0.4 is 11.1 Å². The maximum atomic E-state index is 12.1. The summed E-state index contributed by atoms with van der Waals surface area (Å²) in [7, 11) is 0. The molecule has 0 aliphatic rings. The van der Waals surface area contributed by atoms with Crippen molar-refractivity contribution in [2.75, 3.05) is 5.32 Å². The molecule has 3 N–H and O–H groups in total. The number of carbonyl (C=O) groups is 2. The van der Waals surface area contributed by atoms with Gasteiger partial charge < -0.3 is 11.1 Å². The Morgan fingerprint density at radius 2 is 1.67 bits per heavy atom. The van der Waals surface area contributed by atoms with Gasteiger partial charge in [0, 0.05) is 6.42 Å². The lowest BCUT2D eigenvalue weighted by atomic mass is 9.97. The number of para-hydroxylation sites is 1. The van der Waals surface area contributed by atoms with Gasteiger partial charge >= 0.3 is 0 Å². The number of benzene rings is 2. The van der Waals surface area contributed by atoms with Crippen LogP contribution in [0.5, 0.6) is 0 Å². The zero-order valence-electron chi connectivity index (χ0n) is 11.9. The quantitative estimate of drug-likeness (QED) is 0.885. The molecule has 0 aliphatic heterocycles. The zero-order chi connectivity index (χ0) is 15.2. The van der Waals surface area contributed by atoms with Crippen LogP contribution in [0, 0.1) is 0 Å². The smallest absolute Gasteiger partial charge is 0.250 e. The molecule has 2 amide bonds. The van der Waals surface area contributed by atoms with Crippen LogP contribution in [0.4, 0.5) is 5.69 Å². The summed E-state index contributed by atoms with van der Waals surface area (Å²) >= 11 is 0. The molecule has 21 heavy (non-hydrogen) atoms. The molecule has 0 fully saturated rings. The number of carbonyl (C=O) groups excluding carboxylic acids is 2. The summed E-state index contributed by atoms with van der Waals surface area (Å²) in [6, 6.07) is 16.6. The normalized spacial score (nSPS) is 11.7. The third-order valence-electron chi connectivity index (χ3n) is 3.33. The highest BCUT2D eigenvalue weighted by Gasteiger charge is 2.14. The molecular weight excluding hydrogens is 264 g/mol. The number of nitrogens with one attached hydrogen (secondary N) is 1. The number of hydrogen-bond acceptors (Lipinski definition) is 2. The Kier molecular flexibility index (Phi) is 4.72. The van der Waals surface area contributed by atoms with Gasteiger partial charge in [0.1, 0.15) is 0 Å². The van der Waals surface area contributed by atoms with E-state index in [0.29, 0.717) is 17.7 Å².